The van der Waals surface area contributed by atoms with Crippen LogP contribution >= 0.6 is 11.9 Å². The molecule has 2 heterocycles. The van der Waals surface area contributed by atoms with Crippen molar-refractivity contribution in [3.05, 3.63) is 24.7 Å². The summed E-state index contributed by atoms with van der Waals surface area (Å²) < 4.78 is 9.39. The molecule has 1 aliphatic rings. The predicted molar refractivity (Wildman–Crippen MR) is 57.9 cm³/mol. The van der Waals surface area contributed by atoms with E-state index in [1.807, 2.05) is 23.9 Å². The largest absolute Gasteiger partial charge is 0.361 e. The van der Waals surface area contributed by atoms with Crippen molar-refractivity contribution in [2.75, 3.05) is 16.7 Å². The lowest BCUT2D eigenvalue weighted by Crippen LogP contribution is -2.11. The third kappa shape index (κ3) is 1.93. The summed E-state index contributed by atoms with van der Waals surface area (Å²) in [5.41, 5.74) is 0. The van der Waals surface area contributed by atoms with Crippen LogP contribution in [0, 0.1) is 0 Å². The van der Waals surface area contributed by atoms with E-state index >= 15 is 0 Å². The Morgan fingerprint density at radius 2 is 2.57 bits per heavy atom. The van der Waals surface area contributed by atoms with Crippen LogP contribution in [-0.4, -0.2) is 21.9 Å². The molecule has 0 N–H and O–H groups in total. The van der Waals surface area contributed by atoms with Crippen LogP contribution in [0.1, 0.15) is 6.92 Å². The monoisotopic (exact) mass is 211 g/mol. The van der Waals surface area contributed by atoms with Crippen LogP contribution in [0.3, 0.4) is 0 Å². The van der Waals surface area contributed by atoms with Crippen molar-refractivity contribution >= 4 is 17.9 Å². The smallest absolute Gasteiger partial charge is 0.221 e. The van der Waals surface area contributed by atoms with E-state index in [0.29, 0.717) is 6.73 Å². The van der Waals surface area contributed by atoms with Gasteiger partial charge in [-0.15, -0.1) is 0 Å². The lowest BCUT2D eigenvalue weighted by molar-refractivity contribution is 0.0890. The molecular formula is C9H13N3OS. The van der Waals surface area contributed by atoms with Gasteiger partial charge < -0.3 is 4.74 Å². The number of imidazole rings is 1. The van der Waals surface area contributed by atoms with Crippen molar-refractivity contribution < 1.29 is 4.74 Å². The van der Waals surface area contributed by atoms with Crippen molar-refractivity contribution in [2.24, 2.45) is 0 Å². The minimum Gasteiger partial charge on any atom is -0.361 e. The number of anilines is 1. The zero-order valence-corrected chi connectivity index (χ0v) is 8.91. The van der Waals surface area contributed by atoms with E-state index in [1.165, 1.54) is 0 Å². The highest BCUT2D eigenvalue weighted by molar-refractivity contribution is 8.01. The maximum atomic E-state index is 5.34. The lowest BCUT2D eigenvalue weighted by Gasteiger charge is -2.14. The first-order valence-electron chi connectivity index (χ1n) is 4.59. The summed E-state index contributed by atoms with van der Waals surface area (Å²) in [5, 5.41) is 0. The first kappa shape index (κ1) is 9.61. The van der Waals surface area contributed by atoms with Crippen molar-refractivity contribution in [1.82, 2.24) is 9.55 Å². The second-order valence-corrected chi connectivity index (χ2v) is 3.81. The Morgan fingerprint density at radius 3 is 3.29 bits per heavy atom. The first-order valence-corrected chi connectivity index (χ1v) is 5.53. The van der Waals surface area contributed by atoms with E-state index in [9.17, 15) is 0 Å². The Balaban J connectivity index is 2.08. The molecule has 2 rings (SSSR count). The molecule has 14 heavy (non-hydrogen) atoms. The van der Waals surface area contributed by atoms with E-state index in [4.69, 9.17) is 4.74 Å². The normalized spacial score (nSPS) is 15.4. The molecule has 0 atom stereocenters. The van der Waals surface area contributed by atoms with Crippen LogP contribution in [0.25, 0.3) is 0 Å². The molecule has 1 aromatic heterocycles. The van der Waals surface area contributed by atoms with Crippen LogP contribution in [0.15, 0.2) is 24.7 Å². The summed E-state index contributed by atoms with van der Waals surface area (Å²) >= 11 is 1.73. The van der Waals surface area contributed by atoms with Gasteiger partial charge in [0.1, 0.15) is 6.73 Å². The highest BCUT2D eigenvalue weighted by Crippen LogP contribution is 2.25. The molecule has 0 fully saturated rings. The van der Waals surface area contributed by atoms with Crippen molar-refractivity contribution in [3.63, 3.8) is 0 Å². The Hall–Kier alpha value is -0.940. The van der Waals surface area contributed by atoms with E-state index in [-0.39, 0.29) is 0 Å². The molecule has 4 nitrogen and oxygen atoms in total. The van der Waals surface area contributed by atoms with Crippen LogP contribution in [-0.2, 0) is 11.5 Å². The number of aromatic nitrogens is 2. The zero-order chi connectivity index (χ0) is 9.80. The van der Waals surface area contributed by atoms with E-state index in [0.717, 1.165) is 18.3 Å². The van der Waals surface area contributed by atoms with Crippen LogP contribution in [0.2, 0.25) is 0 Å². The van der Waals surface area contributed by atoms with Gasteiger partial charge in [-0.05, 0) is 18.9 Å². The van der Waals surface area contributed by atoms with Gasteiger partial charge in [-0.1, -0.05) is 6.08 Å². The second kappa shape index (κ2) is 4.52. The maximum absolute atomic E-state index is 5.34. The summed E-state index contributed by atoms with van der Waals surface area (Å²) in [5.74, 6) is 1.94. The minimum atomic E-state index is 0.566. The molecule has 0 aliphatic carbocycles. The van der Waals surface area contributed by atoms with Crippen molar-refractivity contribution in [2.45, 2.75) is 13.7 Å². The standard InChI is InChI=1S/C9H13N3OS/c1-2-13-8-11-6-4-10-9(11)12-5-3-7-14-12/h3-6H,2,7-8H2,1H3. The third-order valence-electron chi connectivity index (χ3n) is 1.88. The maximum Gasteiger partial charge on any atom is 0.221 e. The Labute approximate surface area is 87.7 Å². The molecule has 0 unspecified atom stereocenters. The van der Waals surface area contributed by atoms with E-state index in [2.05, 4.69) is 15.4 Å². The molecule has 0 aromatic carbocycles. The summed E-state index contributed by atoms with van der Waals surface area (Å²) in [6.07, 6.45) is 7.87. The SMILES string of the molecule is CCOCn1ccnc1N1C=CCS1. The van der Waals surface area contributed by atoms with Gasteiger partial charge in [-0.2, -0.15) is 0 Å². The Kier molecular flexibility index (Phi) is 3.10. The zero-order valence-electron chi connectivity index (χ0n) is 8.09. The lowest BCUT2D eigenvalue weighted by atomic mass is 10.7. The summed E-state index contributed by atoms with van der Waals surface area (Å²) in [6, 6.07) is 0. The number of ether oxygens (including phenoxy) is 1. The topological polar surface area (TPSA) is 30.3 Å². The Morgan fingerprint density at radius 1 is 1.64 bits per heavy atom. The highest BCUT2D eigenvalue weighted by Gasteiger charge is 2.13. The average molecular weight is 211 g/mol. The molecule has 0 saturated heterocycles. The van der Waals surface area contributed by atoms with Crippen molar-refractivity contribution in [1.29, 1.82) is 0 Å². The molecule has 1 aliphatic heterocycles. The van der Waals surface area contributed by atoms with Gasteiger partial charge >= 0.3 is 0 Å². The number of hydrogen-bond acceptors (Lipinski definition) is 4. The van der Waals surface area contributed by atoms with Gasteiger partial charge in [-0.25, -0.2) is 4.98 Å². The van der Waals surface area contributed by atoms with Crippen LogP contribution in [0.4, 0.5) is 5.95 Å². The molecule has 76 valence electrons. The van der Waals surface area contributed by atoms with Crippen molar-refractivity contribution in [3.8, 4) is 0 Å². The summed E-state index contributed by atoms with van der Waals surface area (Å²) in [6.45, 7) is 3.28. The highest BCUT2D eigenvalue weighted by atomic mass is 32.2. The molecule has 1 aromatic rings. The number of nitrogens with zero attached hydrogens (tertiary/aromatic N) is 3. The quantitative estimate of drug-likeness (QED) is 0.711. The average Bonchev–Trinajstić information content (AvgIpc) is 2.84. The molecule has 0 spiro atoms. The molecule has 0 saturated carbocycles. The summed E-state index contributed by atoms with van der Waals surface area (Å²) in [4.78, 5) is 4.29. The molecular weight excluding hydrogens is 198 g/mol. The van der Waals surface area contributed by atoms with E-state index < -0.39 is 0 Å². The predicted octanol–water partition coefficient (Wildman–Crippen LogP) is 1.86. The van der Waals surface area contributed by atoms with Gasteiger partial charge in [-0.3, -0.25) is 8.87 Å². The van der Waals surface area contributed by atoms with Gasteiger partial charge in [0.25, 0.3) is 0 Å². The van der Waals surface area contributed by atoms with Gasteiger partial charge in [0.05, 0.1) is 0 Å². The van der Waals surface area contributed by atoms with Gasteiger partial charge in [0.2, 0.25) is 5.95 Å². The fourth-order valence-electron chi connectivity index (χ4n) is 1.22. The van der Waals surface area contributed by atoms with E-state index in [1.54, 1.807) is 18.1 Å². The first-order chi connectivity index (χ1) is 6.92. The molecule has 0 bridgehead atoms. The van der Waals surface area contributed by atoms with Gasteiger partial charge in [0, 0.05) is 31.0 Å². The number of hydrogen-bond donors (Lipinski definition) is 0. The molecule has 5 heteroatoms. The Bertz CT molecular complexity index is 324. The molecule has 0 radical (unpaired) electrons. The van der Waals surface area contributed by atoms with Crippen LogP contribution < -0.4 is 4.31 Å². The van der Waals surface area contributed by atoms with Crippen LogP contribution in [0.5, 0.6) is 0 Å². The fraction of sp³-hybridized carbons (Fsp3) is 0.444. The third-order valence-corrected chi connectivity index (χ3v) is 2.78. The summed E-state index contributed by atoms with van der Waals surface area (Å²) in [7, 11) is 0. The minimum absolute atomic E-state index is 0.566. The molecule has 0 amide bonds. The number of rotatable bonds is 4. The second-order valence-electron chi connectivity index (χ2n) is 2.83. The fourth-order valence-corrected chi connectivity index (χ4v) is 2.00. The van der Waals surface area contributed by atoms with Gasteiger partial charge in [0.15, 0.2) is 0 Å².